The van der Waals surface area contributed by atoms with E-state index in [0.29, 0.717) is 30.3 Å². The van der Waals surface area contributed by atoms with Gasteiger partial charge in [-0.2, -0.15) is 0 Å². The van der Waals surface area contributed by atoms with E-state index in [0.717, 1.165) is 11.5 Å². The Bertz CT molecular complexity index is 709. The summed E-state index contributed by atoms with van der Waals surface area (Å²) >= 11 is 6.14. The van der Waals surface area contributed by atoms with Gasteiger partial charge in [-0.05, 0) is 61.3 Å². The molecule has 1 aromatic rings. The van der Waals surface area contributed by atoms with Crippen LogP contribution in [0.2, 0.25) is 5.02 Å². The minimum Gasteiger partial charge on any atom is -0.492 e. The van der Waals surface area contributed by atoms with Crippen LogP contribution in [0.15, 0.2) is 42.0 Å². The van der Waals surface area contributed by atoms with E-state index in [1.54, 1.807) is 12.1 Å². The van der Waals surface area contributed by atoms with Gasteiger partial charge in [-0.3, -0.25) is 0 Å². The lowest BCUT2D eigenvalue weighted by atomic mass is 9.79. The number of ether oxygens (including phenoxy) is 1. The first-order chi connectivity index (χ1) is 12.1. The second-order valence-electron chi connectivity index (χ2n) is 7.09. The number of rotatable bonds is 4. The molecule has 3 rings (SSSR count). The summed E-state index contributed by atoms with van der Waals surface area (Å²) in [6.45, 7) is 4.67. The van der Waals surface area contributed by atoms with Crippen LogP contribution in [0.5, 0.6) is 5.75 Å². The zero-order valence-corrected chi connectivity index (χ0v) is 15.8. The molecule has 0 heterocycles. The Balaban J connectivity index is 1.84. The summed E-state index contributed by atoms with van der Waals surface area (Å²) in [5.74, 6) is 1.49. The second-order valence-corrected chi connectivity index (χ2v) is 7.47. The highest BCUT2D eigenvalue weighted by molar-refractivity contribution is 6.32. The number of allylic oxidation sites excluding steroid dienone is 6. The summed E-state index contributed by atoms with van der Waals surface area (Å²) in [6, 6.07) is 3.53. The van der Waals surface area contributed by atoms with Crippen molar-refractivity contribution in [3.63, 3.8) is 0 Å². The van der Waals surface area contributed by atoms with Crippen LogP contribution in [-0.4, -0.2) is 6.61 Å². The van der Waals surface area contributed by atoms with Gasteiger partial charge in [0.25, 0.3) is 0 Å². The largest absolute Gasteiger partial charge is 0.492 e. The van der Waals surface area contributed by atoms with Gasteiger partial charge < -0.3 is 4.74 Å². The van der Waals surface area contributed by atoms with Crippen LogP contribution in [-0.2, 0) is 0 Å². The molecule has 0 atom stereocenters. The summed E-state index contributed by atoms with van der Waals surface area (Å²) in [7, 11) is 0. The monoisotopic (exact) mass is 360 g/mol. The third-order valence-corrected chi connectivity index (χ3v) is 5.66. The van der Waals surface area contributed by atoms with Crippen molar-refractivity contribution in [2.75, 3.05) is 6.61 Å². The molecule has 134 valence electrons. The van der Waals surface area contributed by atoms with Gasteiger partial charge in [0.15, 0.2) is 5.82 Å². The molecule has 0 spiro atoms. The zero-order chi connectivity index (χ0) is 17.8. The number of benzene rings is 1. The van der Waals surface area contributed by atoms with Crippen LogP contribution in [0.4, 0.5) is 4.39 Å². The average molecular weight is 361 g/mol. The first-order valence-electron chi connectivity index (χ1n) is 9.28. The molecule has 2 aliphatic rings. The highest BCUT2D eigenvalue weighted by Crippen LogP contribution is 2.37. The van der Waals surface area contributed by atoms with Crippen molar-refractivity contribution >= 4 is 17.2 Å². The topological polar surface area (TPSA) is 9.23 Å². The van der Waals surface area contributed by atoms with Crippen molar-refractivity contribution in [3.8, 4) is 5.75 Å². The first kappa shape index (κ1) is 18.3. The maximum absolute atomic E-state index is 14.7. The van der Waals surface area contributed by atoms with Crippen LogP contribution < -0.4 is 4.74 Å². The van der Waals surface area contributed by atoms with Crippen LogP contribution in [0.3, 0.4) is 0 Å². The van der Waals surface area contributed by atoms with Crippen molar-refractivity contribution in [1.29, 1.82) is 0 Å². The van der Waals surface area contributed by atoms with E-state index in [4.69, 9.17) is 16.3 Å². The van der Waals surface area contributed by atoms with Gasteiger partial charge in [-0.1, -0.05) is 55.7 Å². The van der Waals surface area contributed by atoms with Crippen molar-refractivity contribution < 1.29 is 9.13 Å². The SMILES string of the molecule is CCOc1ccc(C2=CC=C(C3CCC(C)CC3)C=CC2)c(F)c1Cl. The van der Waals surface area contributed by atoms with E-state index in [-0.39, 0.29) is 5.02 Å². The average Bonchev–Trinajstić information content (AvgIpc) is 2.86. The van der Waals surface area contributed by atoms with E-state index < -0.39 is 5.82 Å². The van der Waals surface area contributed by atoms with E-state index >= 15 is 0 Å². The molecule has 0 aromatic heterocycles. The highest BCUT2D eigenvalue weighted by atomic mass is 35.5. The Hall–Kier alpha value is -1.54. The molecular weight excluding hydrogens is 335 g/mol. The Morgan fingerprint density at radius 1 is 1.16 bits per heavy atom. The summed E-state index contributed by atoms with van der Waals surface area (Å²) in [4.78, 5) is 0. The molecule has 2 aliphatic carbocycles. The van der Waals surface area contributed by atoms with Gasteiger partial charge in [-0.25, -0.2) is 4.39 Å². The van der Waals surface area contributed by atoms with Crippen LogP contribution >= 0.6 is 11.6 Å². The minimum absolute atomic E-state index is 0.0685. The van der Waals surface area contributed by atoms with E-state index in [9.17, 15) is 4.39 Å². The summed E-state index contributed by atoms with van der Waals surface area (Å²) in [5, 5.41) is 0.0685. The zero-order valence-electron chi connectivity index (χ0n) is 15.0. The maximum atomic E-state index is 14.7. The molecule has 0 amide bonds. The fraction of sp³-hybridized carbons (Fsp3) is 0.455. The van der Waals surface area contributed by atoms with E-state index in [2.05, 4.69) is 31.2 Å². The van der Waals surface area contributed by atoms with Crippen molar-refractivity contribution in [2.24, 2.45) is 11.8 Å². The molecule has 0 bridgehead atoms. The Kier molecular flexibility index (Phi) is 6.01. The fourth-order valence-corrected chi connectivity index (χ4v) is 3.97. The minimum atomic E-state index is -0.393. The molecule has 0 radical (unpaired) electrons. The lowest BCUT2D eigenvalue weighted by Crippen LogP contribution is -2.13. The lowest BCUT2D eigenvalue weighted by Gasteiger charge is -2.26. The van der Waals surface area contributed by atoms with Crippen LogP contribution in [0.25, 0.3) is 5.57 Å². The predicted octanol–water partition coefficient (Wildman–Crippen LogP) is 6.97. The number of hydrogen-bond donors (Lipinski definition) is 0. The molecule has 1 aromatic carbocycles. The molecule has 1 saturated carbocycles. The van der Waals surface area contributed by atoms with E-state index in [1.165, 1.54) is 31.3 Å². The van der Waals surface area contributed by atoms with Gasteiger partial charge in [0.2, 0.25) is 0 Å². The highest BCUT2D eigenvalue weighted by Gasteiger charge is 2.21. The van der Waals surface area contributed by atoms with Crippen molar-refractivity contribution in [2.45, 2.75) is 46.0 Å². The molecule has 3 heteroatoms. The normalized spacial score (nSPS) is 23.7. The molecule has 0 aliphatic heterocycles. The maximum Gasteiger partial charge on any atom is 0.153 e. The van der Waals surface area contributed by atoms with E-state index in [1.807, 2.05) is 6.92 Å². The van der Waals surface area contributed by atoms with Gasteiger partial charge in [0.05, 0.1) is 6.61 Å². The van der Waals surface area contributed by atoms with Gasteiger partial charge in [-0.15, -0.1) is 0 Å². The predicted molar refractivity (Wildman–Crippen MR) is 104 cm³/mol. The third kappa shape index (κ3) is 4.17. The number of halogens is 2. The molecular formula is C22H26ClFO. The molecule has 0 N–H and O–H groups in total. The Labute approximate surface area is 155 Å². The molecule has 1 fully saturated rings. The lowest BCUT2D eigenvalue weighted by molar-refractivity contribution is 0.323. The first-order valence-corrected chi connectivity index (χ1v) is 9.66. The van der Waals surface area contributed by atoms with Gasteiger partial charge in [0.1, 0.15) is 10.8 Å². The summed E-state index contributed by atoms with van der Waals surface area (Å²) in [6.07, 6.45) is 14.4. The Morgan fingerprint density at radius 2 is 1.92 bits per heavy atom. The standard InChI is InChI=1S/C22H26ClFO/c1-3-25-20-14-13-19(22(24)21(20)23)18-6-4-5-16(11-12-18)17-9-7-15(2)8-10-17/h4-5,11-15,17H,3,6-10H2,1-2H3. The fourth-order valence-electron chi connectivity index (χ4n) is 3.75. The van der Waals surface area contributed by atoms with Crippen molar-refractivity contribution in [3.05, 3.63) is 58.4 Å². The smallest absolute Gasteiger partial charge is 0.153 e. The molecule has 25 heavy (non-hydrogen) atoms. The molecule has 0 saturated heterocycles. The third-order valence-electron chi connectivity index (χ3n) is 5.30. The van der Waals surface area contributed by atoms with Gasteiger partial charge in [0, 0.05) is 5.56 Å². The number of hydrogen-bond acceptors (Lipinski definition) is 1. The van der Waals surface area contributed by atoms with Crippen LogP contribution in [0.1, 0.15) is 51.5 Å². The summed E-state index contributed by atoms with van der Waals surface area (Å²) < 4.78 is 20.1. The van der Waals surface area contributed by atoms with Gasteiger partial charge >= 0.3 is 0 Å². The molecule has 0 unspecified atom stereocenters. The van der Waals surface area contributed by atoms with Crippen LogP contribution in [0, 0.1) is 17.7 Å². The second kappa shape index (κ2) is 8.23. The Morgan fingerprint density at radius 3 is 2.64 bits per heavy atom. The summed E-state index contributed by atoms with van der Waals surface area (Å²) in [5.41, 5.74) is 2.89. The molecule has 1 nitrogen and oxygen atoms in total. The quantitative estimate of drug-likeness (QED) is 0.563. The van der Waals surface area contributed by atoms with Crippen molar-refractivity contribution in [1.82, 2.24) is 0 Å².